The summed E-state index contributed by atoms with van der Waals surface area (Å²) in [6, 6.07) is 6.69. The second-order valence-corrected chi connectivity index (χ2v) is 6.45. The van der Waals surface area contributed by atoms with Crippen molar-refractivity contribution in [3.8, 4) is 6.07 Å². The van der Waals surface area contributed by atoms with Gasteiger partial charge in [0.1, 0.15) is 0 Å². The summed E-state index contributed by atoms with van der Waals surface area (Å²) in [5, 5.41) is 8.64. The van der Waals surface area contributed by atoms with Gasteiger partial charge in [-0.25, -0.2) is 13.1 Å². The summed E-state index contributed by atoms with van der Waals surface area (Å²) >= 11 is 3.28. The maximum Gasteiger partial charge on any atom is 0.241 e. The van der Waals surface area contributed by atoms with Crippen LogP contribution in [0.3, 0.4) is 0 Å². The molecule has 0 bridgehead atoms. The molecule has 0 aliphatic carbocycles. The molecule has 0 amide bonds. The quantitative estimate of drug-likeness (QED) is 0.902. The van der Waals surface area contributed by atoms with Crippen LogP contribution < -0.4 is 4.72 Å². The zero-order valence-corrected chi connectivity index (χ0v) is 12.7. The lowest BCUT2D eigenvalue weighted by atomic mass is 10.2. The minimum atomic E-state index is -3.59. The molecule has 0 fully saturated rings. The van der Waals surface area contributed by atoms with Crippen LogP contribution in [-0.2, 0) is 10.0 Å². The average molecular weight is 331 g/mol. The number of halogens is 1. The number of hydrogen-bond acceptors (Lipinski definition) is 3. The van der Waals surface area contributed by atoms with Crippen molar-refractivity contribution in [2.75, 3.05) is 0 Å². The Morgan fingerprint density at radius 2 is 2.17 bits per heavy atom. The number of nitrogens with one attached hydrogen (secondary N) is 1. The molecule has 98 valence electrons. The highest BCUT2D eigenvalue weighted by molar-refractivity contribution is 9.10. The van der Waals surface area contributed by atoms with Gasteiger partial charge in [0.15, 0.2) is 0 Å². The van der Waals surface area contributed by atoms with E-state index in [2.05, 4.69) is 20.7 Å². The van der Waals surface area contributed by atoms with Crippen molar-refractivity contribution < 1.29 is 8.42 Å². The molecule has 4 nitrogen and oxygen atoms in total. The SMILES string of the molecule is CCC(CC#N)NS(=O)(=O)c1cccc(C)c1Br. The molecule has 1 aromatic rings. The zero-order valence-electron chi connectivity index (χ0n) is 10.3. The molecule has 0 spiro atoms. The number of nitrogens with zero attached hydrogens (tertiary/aromatic N) is 1. The minimum Gasteiger partial charge on any atom is -0.207 e. The van der Waals surface area contributed by atoms with E-state index in [1.54, 1.807) is 12.1 Å². The molecule has 1 N–H and O–H groups in total. The molecular formula is C12H15BrN2O2S. The van der Waals surface area contributed by atoms with E-state index >= 15 is 0 Å². The van der Waals surface area contributed by atoms with Gasteiger partial charge in [-0.3, -0.25) is 0 Å². The number of benzene rings is 1. The van der Waals surface area contributed by atoms with Crippen LogP contribution in [0.5, 0.6) is 0 Å². The third-order valence-electron chi connectivity index (χ3n) is 2.60. The number of hydrogen-bond donors (Lipinski definition) is 1. The van der Waals surface area contributed by atoms with Gasteiger partial charge in [-0.2, -0.15) is 5.26 Å². The molecule has 6 heteroatoms. The van der Waals surface area contributed by atoms with Gasteiger partial charge in [-0.05, 0) is 40.9 Å². The molecule has 18 heavy (non-hydrogen) atoms. The van der Waals surface area contributed by atoms with Gasteiger partial charge in [0.2, 0.25) is 10.0 Å². The van der Waals surface area contributed by atoms with E-state index in [1.807, 2.05) is 26.0 Å². The van der Waals surface area contributed by atoms with Crippen molar-refractivity contribution in [3.63, 3.8) is 0 Å². The largest absolute Gasteiger partial charge is 0.241 e. The first-order valence-corrected chi connectivity index (χ1v) is 7.84. The van der Waals surface area contributed by atoms with Gasteiger partial charge >= 0.3 is 0 Å². The molecule has 0 saturated carbocycles. The molecule has 0 saturated heterocycles. The van der Waals surface area contributed by atoms with Crippen molar-refractivity contribution in [1.29, 1.82) is 5.26 Å². The van der Waals surface area contributed by atoms with E-state index < -0.39 is 10.0 Å². The summed E-state index contributed by atoms with van der Waals surface area (Å²) in [5.41, 5.74) is 0.853. The Hall–Kier alpha value is -0.900. The van der Waals surface area contributed by atoms with Gasteiger partial charge in [-0.1, -0.05) is 19.1 Å². The summed E-state index contributed by atoms with van der Waals surface area (Å²) in [4.78, 5) is 0.207. The third-order valence-corrected chi connectivity index (χ3v) is 5.48. The van der Waals surface area contributed by atoms with Crippen LogP contribution in [0.15, 0.2) is 27.6 Å². The van der Waals surface area contributed by atoms with Crippen LogP contribution in [0.1, 0.15) is 25.3 Å². The smallest absolute Gasteiger partial charge is 0.207 e. The van der Waals surface area contributed by atoms with Gasteiger partial charge < -0.3 is 0 Å². The number of nitriles is 1. The Balaban J connectivity index is 3.07. The Morgan fingerprint density at radius 3 is 2.72 bits per heavy atom. The van der Waals surface area contributed by atoms with Crippen LogP contribution in [-0.4, -0.2) is 14.5 Å². The maximum atomic E-state index is 12.2. The molecule has 1 aromatic carbocycles. The van der Waals surface area contributed by atoms with Gasteiger partial charge in [0.25, 0.3) is 0 Å². The molecule has 0 aliphatic heterocycles. The first-order valence-electron chi connectivity index (χ1n) is 5.56. The first-order chi connectivity index (χ1) is 8.42. The molecule has 0 aromatic heterocycles. The fourth-order valence-electron chi connectivity index (χ4n) is 1.49. The predicted molar refractivity (Wildman–Crippen MR) is 73.5 cm³/mol. The highest BCUT2D eigenvalue weighted by Crippen LogP contribution is 2.25. The fourth-order valence-corrected chi connectivity index (χ4v) is 3.86. The van der Waals surface area contributed by atoms with Crippen LogP contribution in [0.25, 0.3) is 0 Å². The standard InChI is InChI=1S/C12H15BrN2O2S/c1-3-10(7-8-14)15-18(16,17)11-6-4-5-9(2)12(11)13/h4-6,10,15H,3,7H2,1-2H3. The molecule has 1 unspecified atom stereocenters. The van der Waals surface area contributed by atoms with Gasteiger partial charge in [0, 0.05) is 10.5 Å². The first kappa shape index (κ1) is 15.2. The normalized spacial score (nSPS) is 13.0. The van der Waals surface area contributed by atoms with E-state index in [9.17, 15) is 8.42 Å². The van der Waals surface area contributed by atoms with Gasteiger partial charge in [-0.15, -0.1) is 0 Å². The Morgan fingerprint density at radius 1 is 1.50 bits per heavy atom. The number of rotatable bonds is 5. The zero-order chi connectivity index (χ0) is 13.8. The highest BCUT2D eigenvalue weighted by atomic mass is 79.9. The van der Waals surface area contributed by atoms with Crippen molar-refractivity contribution in [2.45, 2.75) is 37.6 Å². The molecule has 1 atom stereocenters. The van der Waals surface area contributed by atoms with E-state index in [0.717, 1.165) is 5.56 Å². The lowest BCUT2D eigenvalue weighted by molar-refractivity contribution is 0.542. The molecule has 1 rings (SSSR count). The third kappa shape index (κ3) is 3.55. The second-order valence-electron chi connectivity index (χ2n) is 3.98. The Kier molecular flexibility index (Phi) is 5.32. The summed E-state index contributed by atoms with van der Waals surface area (Å²) in [6.45, 7) is 3.67. The molecular weight excluding hydrogens is 316 g/mol. The average Bonchev–Trinajstić information content (AvgIpc) is 2.31. The van der Waals surface area contributed by atoms with E-state index in [-0.39, 0.29) is 17.4 Å². The van der Waals surface area contributed by atoms with Crippen molar-refractivity contribution in [3.05, 3.63) is 28.2 Å². The number of sulfonamides is 1. The predicted octanol–water partition coefficient (Wildman–Crippen LogP) is 2.73. The van der Waals surface area contributed by atoms with Crippen molar-refractivity contribution in [1.82, 2.24) is 4.72 Å². The topological polar surface area (TPSA) is 70.0 Å². The summed E-state index contributed by atoms with van der Waals surface area (Å²) in [6.07, 6.45) is 0.745. The van der Waals surface area contributed by atoms with Crippen LogP contribution in [0.2, 0.25) is 0 Å². The second kappa shape index (κ2) is 6.32. The minimum absolute atomic E-state index is 0.166. The molecule has 0 radical (unpaired) electrons. The van der Waals surface area contributed by atoms with Gasteiger partial charge in [0.05, 0.1) is 17.4 Å². The Bertz CT molecular complexity index is 564. The van der Waals surface area contributed by atoms with Crippen LogP contribution in [0.4, 0.5) is 0 Å². The highest BCUT2D eigenvalue weighted by Gasteiger charge is 2.21. The van der Waals surface area contributed by atoms with E-state index in [4.69, 9.17) is 5.26 Å². The molecule has 0 heterocycles. The van der Waals surface area contributed by atoms with Crippen molar-refractivity contribution >= 4 is 26.0 Å². The van der Waals surface area contributed by atoms with Crippen LogP contribution >= 0.6 is 15.9 Å². The van der Waals surface area contributed by atoms with Crippen molar-refractivity contribution in [2.24, 2.45) is 0 Å². The fraction of sp³-hybridized carbons (Fsp3) is 0.417. The summed E-state index contributed by atoms with van der Waals surface area (Å²) < 4.78 is 27.5. The number of aryl methyl sites for hydroxylation is 1. The van der Waals surface area contributed by atoms with Crippen LogP contribution in [0, 0.1) is 18.3 Å². The lowest BCUT2D eigenvalue weighted by Crippen LogP contribution is -2.34. The monoisotopic (exact) mass is 330 g/mol. The maximum absolute atomic E-state index is 12.2. The summed E-state index contributed by atoms with van der Waals surface area (Å²) in [7, 11) is -3.59. The van der Waals surface area contributed by atoms with E-state index in [0.29, 0.717) is 10.9 Å². The Labute approximate surface area is 116 Å². The summed E-state index contributed by atoms with van der Waals surface area (Å²) in [5.74, 6) is 0. The molecule has 0 aliphatic rings. The van der Waals surface area contributed by atoms with E-state index in [1.165, 1.54) is 0 Å². The lowest BCUT2D eigenvalue weighted by Gasteiger charge is -2.15.